The molecule has 0 amide bonds. The molecule has 4 heteroatoms. The van der Waals surface area contributed by atoms with E-state index < -0.39 is 0 Å². The number of aliphatic imine (C=N–C) groups is 1. The molecule has 2 rings (SSSR count). The van der Waals surface area contributed by atoms with E-state index in [9.17, 15) is 4.79 Å². The number of para-hydroxylation sites is 1. The highest BCUT2D eigenvalue weighted by atomic mass is 16.5. The highest BCUT2D eigenvalue weighted by molar-refractivity contribution is 6.20. The Hall–Kier alpha value is -2.36. The second-order valence-electron chi connectivity index (χ2n) is 4.92. The normalized spacial score (nSPS) is 14.4. The lowest BCUT2D eigenvalue weighted by Crippen LogP contribution is -2.16. The van der Waals surface area contributed by atoms with Crippen molar-refractivity contribution in [3.8, 4) is 0 Å². The van der Waals surface area contributed by atoms with Crippen molar-refractivity contribution in [2.24, 2.45) is 4.99 Å². The Bertz CT molecular complexity index is 621. The molecule has 0 fully saturated rings. The van der Waals surface area contributed by atoms with Crippen molar-refractivity contribution < 1.29 is 14.3 Å². The minimum atomic E-state index is -0.261. The molecule has 0 spiro atoms. The van der Waals surface area contributed by atoms with Gasteiger partial charge in [0, 0.05) is 12.2 Å². The Morgan fingerprint density at radius 1 is 0.955 bits per heavy atom. The summed E-state index contributed by atoms with van der Waals surface area (Å²) in [5.74, 6) is 0.221. The number of carbonyl (C=O) groups is 1. The summed E-state index contributed by atoms with van der Waals surface area (Å²) < 4.78 is 10.3. The molecule has 1 aliphatic carbocycles. The number of Topliss-reactive ketones (excluding diaryl/α,β-unsaturated/α-hetero) is 1. The van der Waals surface area contributed by atoms with Gasteiger partial charge in [-0.25, -0.2) is 4.99 Å². The van der Waals surface area contributed by atoms with Crippen LogP contribution in [-0.2, 0) is 27.1 Å². The van der Waals surface area contributed by atoms with E-state index in [1.807, 2.05) is 0 Å². The second-order valence-corrected chi connectivity index (χ2v) is 4.92. The molecule has 0 radical (unpaired) electrons. The summed E-state index contributed by atoms with van der Waals surface area (Å²) in [6, 6.07) is 6.21. The molecule has 1 aromatic carbocycles. The second kappa shape index (κ2) is 7.07. The lowest BCUT2D eigenvalue weighted by molar-refractivity contribution is -0.117. The molecular weight excluding hydrogens is 278 g/mol. The smallest absolute Gasteiger partial charge is 0.262 e. The predicted octanol–water partition coefficient (Wildman–Crippen LogP) is 3.53. The van der Waals surface area contributed by atoms with Crippen LogP contribution in [0.1, 0.15) is 25.0 Å². The van der Waals surface area contributed by atoms with Gasteiger partial charge in [0.25, 0.3) is 5.78 Å². The highest BCUT2D eigenvalue weighted by Gasteiger charge is 2.22. The molecule has 0 heterocycles. The van der Waals surface area contributed by atoms with Crippen LogP contribution in [0.5, 0.6) is 0 Å². The molecular formula is C18H21NO3. The van der Waals surface area contributed by atoms with Gasteiger partial charge >= 0.3 is 0 Å². The van der Waals surface area contributed by atoms with E-state index in [0.717, 1.165) is 18.5 Å². The molecule has 22 heavy (non-hydrogen) atoms. The van der Waals surface area contributed by atoms with E-state index in [1.165, 1.54) is 25.3 Å². The van der Waals surface area contributed by atoms with Crippen LogP contribution in [0.25, 0.3) is 0 Å². The SMILES string of the molecule is CCc1cccc(CC)c1N=C1C=C(OC)C(=O)C(OC)=C1. The minimum absolute atomic E-state index is 0.241. The first kappa shape index (κ1) is 16.0. The summed E-state index contributed by atoms with van der Waals surface area (Å²) in [6.45, 7) is 4.21. The van der Waals surface area contributed by atoms with Gasteiger partial charge in [0.15, 0.2) is 11.5 Å². The summed E-state index contributed by atoms with van der Waals surface area (Å²) in [4.78, 5) is 16.7. The van der Waals surface area contributed by atoms with Crippen LogP contribution in [0, 0.1) is 0 Å². The van der Waals surface area contributed by atoms with Crippen molar-refractivity contribution >= 4 is 17.2 Å². The minimum Gasteiger partial charge on any atom is -0.492 e. The standard InChI is InChI=1S/C18H21NO3/c1-5-12-8-7-9-13(6-2)17(12)19-14-10-15(21-3)18(20)16(11-14)22-4/h7-11H,5-6H2,1-4H3. The fraction of sp³-hybridized carbons (Fsp3) is 0.333. The van der Waals surface area contributed by atoms with Gasteiger partial charge in [0.1, 0.15) is 0 Å². The number of aryl methyl sites for hydroxylation is 2. The largest absolute Gasteiger partial charge is 0.492 e. The fourth-order valence-electron chi connectivity index (χ4n) is 2.42. The van der Waals surface area contributed by atoms with Crippen LogP contribution in [0.2, 0.25) is 0 Å². The van der Waals surface area contributed by atoms with Crippen LogP contribution >= 0.6 is 0 Å². The molecule has 0 aliphatic heterocycles. The summed E-state index contributed by atoms with van der Waals surface area (Å²) >= 11 is 0. The number of ether oxygens (including phenoxy) is 2. The molecule has 0 unspecified atom stereocenters. The third-order valence-corrected chi connectivity index (χ3v) is 3.65. The maximum Gasteiger partial charge on any atom is 0.262 e. The predicted molar refractivity (Wildman–Crippen MR) is 87.5 cm³/mol. The third kappa shape index (κ3) is 3.11. The zero-order valence-corrected chi connectivity index (χ0v) is 13.5. The molecule has 0 bridgehead atoms. The van der Waals surface area contributed by atoms with E-state index in [0.29, 0.717) is 5.71 Å². The zero-order chi connectivity index (χ0) is 16.1. The van der Waals surface area contributed by atoms with E-state index >= 15 is 0 Å². The molecule has 0 saturated carbocycles. The number of methoxy groups -OCH3 is 2. The van der Waals surface area contributed by atoms with Crippen molar-refractivity contribution in [3.05, 3.63) is 53.0 Å². The Labute approximate surface area is 131 Å². The molecule has 0 N–H and O–H groups in total. The number of ketones is 1. The number of carbonyl (C=O) groups excluding carboxylic acids is 1. The zero-order valence-electron chi connectivity index (χ0n) is 13.5. The topological polar surface area (TPSA) is 47.9 Å². The van der Waals surface area contributed by atoms with E-state index in [1.54, 1.807) is 12.2 Å². The Balaban J connectivity index is 2.55. The van der Waals surface area contributed by atoms with Crippen LogP contribution in [-0.4, -0.2) is 25.7 Å². The molecule has 1 aliphatic rings. The van der Waals surface area contributed by atoms with Gasteiger partial charge in [-0.15, -0.1) is 0 Å². The van der Waals surface area contributed by atoms with Crippen LogP contribution in [0.15, 0.2) is 46.9 Å². The van der Waals surface area contributed by atoms with Crippen molar-refractivity contribution in [1.29, 1.82) is 0 Å². The van der Waals surface area contributed by atoms with E-state index in [4.69, 9.17) is 14.5 Å². The summed E-state index contributed by atoms with van der Waals surface area (Å²) in [6.07, 6.45) is 5.11. The van der Waals surface area contributed by atoms with Crippen LogP contribution in [0.4, 0.5) is 5.69 Å². The Morgan fingerprint density at radius 2 is 1.45 bits per heavy atom. The highest BCUT2D eigenvalue weighted by Crippen LogP contribution is 2.27. The lowest BCUT2D eigenvalue weighted by Gasteiger charge is -2.14. The average molecular weight is 299 g/mol. The van der Waals surface area contributed by atoms with Gasteiger partial charge < -0.3 is 9.47 Å². The van der Waals surface area contributed by atoms with Crippen molar-refractivity contribution in [2.75, 3.05) is 14.2 Å². The lowest BCUT2D eigenvalue weighted by atomic mass is 10.0. The van der Waals surface area contributed by atoms with Gasteiger partial charge in [-0.1, -0.05) is 32.0 Å². The first-order valence-electron chi connectivity index (χ1n) is 7.40. The van der Waals surface area contributed by atoms with E-state index in [2.05, 4.69) is 32.0 Å². The number of allylic oxidation sites excluding steroid dienone is 2. The molecule has 4 nitrogen and oxygen atoms in total. The van der Waals surface area contributed by atoms with Crippen molar-refractivity contribution in [3.63, 3.8) is 0 Å². The first-order valence-corrected chi connectivity index (χ1v) is 7.40. The average Bonchev–Trinajstić information content (AvgIpc) is 2.56. The van der Waals surface area contributed by atoms with Crippen LogP contribution < -0.4 is 0 Å². The monoisotopic (exact) mass is 299 g/mol. The molecule has 0 atom stereocenters. The maximum atomic E-state index is 12.0. The van der Waals surface area contributed by atoms with Crippen LogP contribution in [0.3, 0.4) is 0 Å². The molecule has 1 aromatic rings. The number of rotatable bonds is 5. The summed E-state index contributed by atoms with van der Waals surface area (Å²) in [5.41, 5.74) is 3.99. The van der Waals surface area contributed by atoms with Gasteiger partial charge in [0.05, 0.1) is 25.6 Å². The van der Waals surface area contributed by atoms with Gasteiger partial charge in [0.2, 0.25) is 0 Å². The quantitative estimate of drug-likeness (QED) is 0.781. The fourth-order valence-corrected chi connectivity index (χ4v) is 2.42. The number of benzene rings is 1. The van der Waals surface area contributed by atoms with Gasteiger partial charge in [-0.3, -0.25) is 4.79 Å². The summed E-state index contributed by atoms with van der Waals surface area (Å²) in [7, 11) is 2.94. The molecule has 0 saturated heterocycles. The Morgan fingerprint density at radius 3 is 1.86 bits per heavy atom. The van der Waals surface area contributed by atoms with Crippen molar-refractivity contribution in [2.45, 2.75) is 26.7 Å². The molecule has 0 aromatic heterocycles. The van der Waals surface area contributed by atoms with Gasteiger partial charge in [-0.05, 0) is 24.0 Å². The maximum absolute atomic E-state index is 12.0. The van der Waals surface area contributed by atoms with Crippen molar-refractivity contribution in [1.82, 2.24) is 0 Å². The number of hydrogen-bond donors (Lipinski definition) is 0. The number of hydrogen-bond acceptors (Lipinski definition) is 4. The first-order chi connectivity index (χ1) is 10.6. The van der Waals surface area contributed by atoms with E-state index in [-0.39, 0.29) is 17.3 Å². The third-order valence-electron chi connectivity index (χ3n) is 3.65. The summed E-state index contributed by atoms with van der Waals surface area (Å²) in [5, 5.41) is 0. The van der Waals surface area contributed by atoms with Gasteiger partial charge in [-0.2, -0.15) is 0 Å². The Kier molecular flexibility index (Phi) is 5.15. The number of nitrogens with zero attached hydrogens (tertiary/aromatic N) is 1. The molecule has 116 valence electrons.